The Balaban J connectivity index is 1.43. The Labute approximate surface area is 227 Å². The number of aryl methyl sites for hydroxylation is 2. The number of urea groups is 1. The summed E-state index contributed by atoms with van der Waals surface area (Å²) in [6, 6.07) is 22.6. The van der Waals surface area contributed by atoms with E-state index < -0.39 is 22.1 Å². The molecule has 2 heterocycles. The second-order valence-corrected chi connectivity index (χ2v) is 10.8. The van der Waals surface area contributed by atoms with E-state index in [-0.39, 0.29) is 4.90 Å². The fraction of sp³-hybridized carbons (Fsp3) is 0.138. The molecule has 2 amide bonds. The van der Waals surface area contributed by atoms with Gasteiger partial charge in [0.2, 0.25) is 0 Å². The van der Waals surface area contributed by atoms with Crippen molar-refractivity contribution in [3.05, 3.63) is 121 Å². The van der Waals surface area contributed by atoms with Gasteiger partial charge in [0.1, 0.15) is 5.82 Å². The number of nitrogens with one attached hydrogen (secondary N) is 2. The van der Waals surface area contributed by atoms with Crippen molar-refractivity contribution in [2.24, 2.45) is 7.05 Å². The van der Waals surface area contributed by atoms with Crippen LogP contribution >= 0.6 is 0 Å². The highest BCUT2D eigenvalue weighted by atomic mass is 32.2. The van der Waals surface area contributed by atoms with Crippen LogP contribution < -0.4 is 10.0 Å². The van der Waals surface area contributed by atoms with Crippen molar-refractivity contribution in [3.63, 3.8) is 0 Å². The number of hydrogen-bond acceptors (Lipinski definition) is 5. The van der Waals surface area contributed by atoms with Crippen molar-refractivity contribution in [2.75, 3.05) is 0 Å². The normalized spacial score (nSPS) is 12.2. The summed E-state index contributed by atoms with van der Waals surface area (Å²) >= 11 is 0. The summed E-state index contributed by atoms with van der Waals surface area (Å²) in [6.07, 6.45) is 7.63. The molecule has 0 saturated carbocycles. The molecule has 1 unspecified atom stereocenters. The van der Waals surface area contributed by atoms with Crippen LogP contribution in [0, 0.1) is 6.92 Å². The smallest absolute Gasteiger partial charge is 0.327 e. The van der Waals surface area contributed by atoms with Gasteiger partial charge in [-0.15, -0.1) is 0 Å². The molecule has 10 heteroatoms. The largest absolute Gasteiger partial charge is 0.329 e. The molecular formula is C29H28N6O3S. The Kier molecular flexibility index (Phi) is 7.29. The first-order valence-corrected chi connectivity index (χ1v) is 13.8. The van der Waals surface area contributed by atoms with Gasteiger partial charge in [0.25, 0.3) is 10.0 Å². The van der Waals surface area contributed by atoms with Gasteiger partial charge in [-0.25, -0.2) is 22.9 Å². The minimum atomic E-state index is -4.07. The predicted molar refractivity (Wildman–Crippen MR) is 149 cm³/mol. The molecule has 0 fully saturated rings. The molecule has 2 aromatic heterocycles. The number of hydrogen-bond donors (Lipinski definition) is 2. The van der Waals surface area contributed by atoms with Gasteiger partial charge in [0.15, 0.2) is 0 Å². The van der Waals surface area contributed by atoms with Gasteiger partial charge in [-0.1, -0.05) is 60.7 Å². The van der Waals surface area contributed by atoms with Crippen molar-refractivity contribution in [1.29, 1.82) is 0 Å². The summed E-state index contributed by atoms with van der Waals surface area (Å²) in [5, 5.41) is 7.07. The van der Waals surface area contributed by atoms with Crippen molar-refractivity contribution in [2.45, 2.75) is 24.3 Å². The highest BCUT2D eigenvalue weighted by Crippen LogP contribution is 2.24. The molecule has 0 radical (unpaired) electrons. The van der Waals surface area contributed by atoms with E-state index in [9.17, 15) is 13.2 Å². The lowest BCUT2D eigenvalue weighted by atomic mass is 10.0. The lowest BCUT2D eigenvalue weighted by Crippen LogP contribution is -2.42. The zero-order chi connectivity index (χ0) is 27.4. The van der Waals surface area contributed by atoms with Crippen LogP contribution in [0.1, 0.15) is 23.0 Å². The Morgan fingerprint density at radius 2 is 1.67 bits per heavy atom. The Hall–Kier alpha value is -4.70. The number of aromatic nitrogens is 4. The summed E-state index contributed by atoms with van der Waals surface area (Å²) < 4.78 is 31.7. The molecule has 0 aliphatic rings. The maximum absolute atomic E-state index is 13.0. The molecule has 2 N–H and O–H groups in total. The van der Waals surface area contributed by atoms with Gasteiger partial charge < -0.3 is 9.88 Å². The van der Waals surface area contributed by atoms with E-state index in [1.54, 1.807) is 42.2 Å². The van der Waals surface area contributed by atoms with E-state index in [0.29, 0.717) is 17.8 Å². The lowest BCUT2D eigenvalue weighted by molar-refractivity contribution is 0.241. The Bertz CT molecular complexity index is 1690. The van der Waals surface area contributed by atoms with Crippen LogP contribution in [0.25, 0.3) is 16.8 Å². The van der Waals surface area contributed by atoms with Gasteiger partial charge in [0, 0.05) is 36.9 Å². The van der Waals surface area contributed by atoms with Gasteiger partial charge in [0.05, 0.1) is 17.1 Å². The van der Waals surface area contributed by atoms with Gasteiger partial charge in [-0.3, -0.25) is 4.68 Å². The minimum Gasteiger partial charge on any atom is -0.327 e. The van der Waals surface area contributed by atoms with Gasteiger partial charge in [-0.2, -0.15) is 5.10 Å². The molecule has 5 rings (SSSR count). The summed E-state index contributed by atoms with van der Waals surface area (Å²) in [4.78, 5) is 17.6. The Morgan fingerprint density at radius 3 is 2.36 bits per heavy atom. The molecule has 39 heavy (non-hydrogen) atoms. The van der Waals surface area contributed by atoms with E-state index in [4.69, 9.17) is 0 Å². The zero-order valence-corrected chi connectivity index (χ0v) is 22.3. The van der Waals surface area contributed by atoms with E-state index in [1.165, 1.54) is 6.07 Å². The first-order valence-electron chi connectivity index (χ1n) is 12.4. The van der Waals surface area contributed by atoms with Crippen LogP contribution in [0.4, 0.5) is 4.79 Å². The number of rotatable bonds is 8. The summed E-state index contributed by atoms with van der Waals surface area (Å²) in [6.45, 7) is 1.68. The predicted octanol–water partition coefficient (Wildman–Crippen LogP) is 4.55. The fourth-order valence-corrected chi connectivity index (χ4v) is 5.62. The molecule has 0 aliphatic heterocycles. The molecular weight excluding hydrogens is 512 g/mol. The van der Waals surface area contributed by atoms with Crippen molar-refractivity contribution in [3.8, 4) is 16.8 Å². The topological polar surface area (TPSA) is 111 Å². The maximum Gasteiger partial charge on any atom is 0.329 e. The van der Waals surface area contributed by atoms with Crippen LogP contribution in [0.3, 0.4) is 0 Å². The number of imidazole rings is 1. The first kappa shape index (κ1) is 25.9. The third-order valence-corrected chi connectivity index (χ3v) is 7.85. The van der Waals surface area contributed by atoms with Crippen molar-refractivity contribution >= 4 is 16.1 Å². The summed E-state index contributed by atoms with van der Waals surface area (Å²) in [7, 11) is -2.19. The molecule has 1 atom stereocenters. The monoisotopic (exact) mass is 540 g/mol. The van der Waals surface area contributed by atoms with Crippen LogP contribution in [0.15, 0.2) is 109 Å². The van der Waals surface area contributed by atoms with Crippen molar-refractivity contribution in [1.82, 2.24) is 29.4 Å². The zero-order valence-electron chi connectivity index (χ0n) is 21.5. The van der Waals surface area contributed by atoms with E-state index in [0.717, 1.165) is 22.4 Å². The van der Waals surface area contributed by atoms with E-state index in [2.05, 4.69) is 20.1 Å². The minimum absolute atomic E-state index is 0.0509. The third-order valence-electron chi connectivity index (χ3n) is 6.36. The summed E-state index contributed by atoms with van der Waals surface area (Å²) in [5.74, 6) is 0.566. The third kappa shape index (κ3) is 5.91. The summed E-state index contributed by atoms with van der Waals surface area (Å²) in [5.41, 5.74) is 4.39. The fourth-order valence-electron chi connectivity index (χ4n) is 4.46. The number of sulfonamides is 1. The van der Waals surface area contributed by atoms with Crippen molar-refractivity contribution < 1.29 is 13.2 Å². The number of carbonyl (C=O) groups excluding carboxylic acids is 1. The molecule has 9 nitrogen and oxygen atoms in total. The quantitative estimate of drug-likeness (QED) is 0.300. The number of amides is 2. The number of nitrogens with zero attached hydrogens (tertiary/aromatic N) is 4. The second-order valence-electron chi connectivity index (χ2n) is 9.19. The average Bonchev–Trinajstić information content (AvgIpc) is 3.58. The standard InChI is InChI=1S/C29H28N6O3S/c1-21-8-6-7-11-27(21)39(37,38)33-29(36)32-26(18-22-9-4-3-5-10-22)28-30-16-17-35(28)25-14-12-23(13-15-25)24-19-31-34(2)20-24/h3-17,19-20,26H,18H2,1-2H3,(H2,32,33,36). The van der Waals surface area contributed by atoms with Crippen LogP contribution in [0.5, 0.6) is 0 Å². The SMILES string of the molecule is Cc1ccccc1S(=O)(=O)NC(=O)NC(Cc1ccccc1)c1nccn1-c1ccc(-c2cnn(C)c2)cc1. The van der Waals surface area contributed by atoms with Crippen LogP contribution in [-0.4, -0.2) is 33.8 Å². The first-order chi connectivity index (χ1) is 18.8. The molecule has 0 spiro atoms. The molecule has 0 saturated heterocycles. The molecule has 0 aliphatic carbocycles. The molecule has 5 aromatic rings. The maximum atomic E-state index is 13.0. The molecule has 0 bridgehead atoms. The van der Waals surface area contributed by atoms with E-state index >= 15 is 0 Å². The molecule has 3 aromatic carbocycles. The van der Waals surface area contributed by atoms with Gasteiger partial charge in [-0.05, 0) is 48.2 Å². The van der Waals surface area contributed by atoms with Gasteiger partial charge >= 0.3 is 6.03 Å². The lowest BCUT2D eigenvalue weighted by Gasteiger charge is -2.21. The van der Waals surface area contributed by atoms with E-state index in [1.807, 2.05) is 78.6 Å². The average molecular weight is 541 g/mol. The Morgan fingerprint density at radius 1 is 0.949 bits per heavy atom. The highest BCUT2D eigenvalue weighted by Gasteiger charge is 2.25. The highest BCUT2D eigenvalue weighted by molar-refractivity contribution is 7.90. The second kappa shape index (κ2) is 11.0. The number of benzene rings is 3. The molecule has 198 valence electrons. The van der Waals surface area contributed by atoms with Crippen LogP contribution in [0.2, 0.25) is 0 Å². The number of carbonyl (C=O) groups is 1. The van der Waals surface area contributed by atoms with Crippen LogP contribution in [-0.2, 0) is 23.5 Å².